The van der Waals surface area contributed by atoms with E-state index < -0.39 is 0 Å². The molecule has 2 aromatic rings. The van der Waals surface area contributed by atoms with Crippen LogP contribution in [0.2, 0.25) is 0 Å². The van der Waals surface area contributed by atoms with Crippen molar-refractivity contribution in [3.05, 3.63) is 36.2 Å². The number of hydrogen-bond acceptors (Lipinski definition) is 3. The molecule has 2 N–H and O–H groups in total. The number of unbranched alkanes of at least 4 members (excludes halogenated alkanes) is 3. The minimum absolute atomic E-state index is 0.0715. The zero-order valence-corrected chi connectivity index (χ0v) is 11.0. The molecular formula is C15H21N3. The first-order chi connectivity index (χ1) is 8.83. The number of para-hydroxylation sites is 1. The van der Waals surface area contributed by atoms with E-state index in [4.69, 9.17) is 5.73 Å². The van der Waals surface area contributed by atoms with E-state index in [1.54, 1.807) is 12.4 Å². The Hall–Kier alpha value is -1.48. The molecule has 0 aliphatic rings. The molecule has 3 nitrogen and oxygen atoms in total. The monoisotopic (exact) mass is 243 g/mol. The smallest absolute Gasteiger partial charge is 0.0934 e. The number of nitrogens with zero attached hydrogens (tertiary/aromatic N) is 2. The van der Waals surface area contributed by atoms with Gasteiger partial charge in [-0.1, -0.05) is 44.7 Å². The van der Waals surface area contributed by atoms with Crippen molar-refractivity contribution < 1.29 is 0 Å². The van der Waals surface area contributed by atoms with Crippen LogP contribution < -0.4 is 5.73 Å². The predicted octanol–water partition coefficient (Wildman–Crippen LogP) is 3.60. The molecule has 0 aliphatic carbocycles. The topological polar surface area (TPSA) is 51.8 Å². The van der Waals surface area contributed by atoms with Gasteiger partial charge in [0.05, 0.1) is 11.0 Å². The van der Waals surface area contributed by atoms with Gasteiger partial charge >= 0.3 is 0 Å². The third-order valence-electron chi connectivity index (χ3n) is 3.30. The number of hydrogen-bond donors (Lipinski definition) is 1. The number of nitrogens with two attached hydrogens (primary N) is 1. The molecule has 2 rings (SSSR count). The molecule has 0 fully saturated rings. The first-order valence-electron chi connectivity index (χ1n) is 6.78. The molecule has 1 aromatic carbocycles. The zero-order chi connectivity index (χ0) is 12.8. The van der Waals surface area contributed by atoms with Crippen LogP contribution in [0.1, 0.15) is 50.6 Å². The van der Waals surface area contributed by atoms with Gasteiger partial charge in [-0.2, -0.15) is 0 Å². The second-order valence-electron chi connectivity index (χ2n) is 4.73. The molecule has 1 atom stereocenters. The average Bonchev–Trinajstić information content (AvgIpc) is 2.43. The third kappa shape index (κ3) is 3.05. The van der Waals surface area contributed by atoms with Crippen molar-refractivity contribution >= 4 is 11.0 Å². The molecule has 1 heterocycles. The highest BCUT2D eigenvalue weighted by Gasteiger charge is 2.10. The Kier molecular flexibility index (Phi) is 4.65. The summed E-state index contributed by atoms with van der Waals surface area (Å²) in [5.74, 6) is 0. The van der Waals surface area contributed by atoms with Gasteiger partial charge in [0, 0.05) is 18.4 Å². The first kappa shape index (κ1) is 13.0. The van der Waals surface area contributed by atoms with Gasteiger partial charge in [0.1, 0.15) is 0 Å². The lowest BCUT2D eigenvalue weighted by Gasteiger charge is -2.13. The van der Waals surface area contributed by atoms with Gasteiger partial charge in [0.25, 0.3) is 0 Å². The van der Waals surface area contributed by atoms with Crippen LogP contribution in [0.5, 0.6) is 0 Å². The van der Waals surface area contributed by atoms with Crippen LogP contribution in [0.4, 0.5) is 0 Å². The van der Waals surface area contributed by atoms with E-state index in [0.29, 0.717) is 0 Å². The fourth-order valence-electron chi connectivity index (χ4n) is 2.26. The summed E-state index contributed by atoms with van der Waals surface area (Å²) in [4.78, 5) is 8.72. The summed E-state index contributed by atoms with van der Waals surface area (Å²) in [7, 11) is 0. The van der Waals surface area contributed by atoms with Crippen molar-refractivity contribution in [1.82, 2.24) is 9.97 Å². The lowest BCUT2D eigenvalue weighted by molar-refractivity contribution is 0.568. The van der Waals surface area contributed by atoms with E-state index in [2.05, 4.69) is 23.0 Å². The summed E-state index contributed by atoms with van der Waals surface area (Å²) in [5.41, 5.74) is 9.27. The summed E-state index contributed by atoms with van der Waals surface area (Å²) in [6, 6.07) is 6.14. The predicted molar refractivity (Wildman–Crippen MR) is 75.2 cm³/mol. The van der Waals surface area contributed by atoms with Crippen molar-refractivity contribution in [2.24, 2.45) is 5.73 Å². The van der Waals surface area contributed by atoms with Gasteiger partial charge in [0.2, 0.25) is 0 Å². The minimum Gasteiger partial charge on any atom is -0.324 e. The van der Waals surface area contributed by atoms with Gasteiger partial charge in [-0.15, -0.1) is 0 Å². The van der Waals surface area contributed by atoms with Crippen molar-refractivity contribution in [1.29, 1.82) is 0 Å². The Bertz CT molecular complexity index is 491. The highest BCUT2D eigenvalue weighted by Crippen LogP contribution is 2.23. The van der Waals surface area contributed by atoms with Crippen LogP contribution in [-0.4, -0.2) is 9.97 Å². The first-order valence-corrected chi connectivity index (χ1v) is 6.78. The Morgan fingerprint density at radius 3 is 2.78 bits per heavy atom. The Balaban J connectivity index is 2.10. The summed E-state index contributed by atoms with van der Waals surface area (Å²) in [6.45, 7) is 2.22. The molecule has 0 aliphatic heterocycles. The maximum absolute atomic E-state index is 6.28. The Morgan fingerprint density at radius 1 is 1.11 bits per heavy atom. The van der Waals surface area contributed by atoms with Gasteiger partial charge in [-0.25, -0.2) is 0 Å². The van der Waals surface area contributed by atoms with Gasteiger partial charge in [-0.3, -0.25) is 9.97 Å². The second kappa shape index (κ2) is 6.45. The molecule has 1 unspecified atom stereocenters. The maximum Gasteiger partial charge on any atom is 0.0934 e. The fraction of sp³-hybridized carbons (Fsp3) is 0.467. The largest absolute Gasteiger partial charge is 0.324 e. The summed E-state index contributed by atoms with van der Waals surface area (Å²) < 4.78 is 0. The Labute approximate surface area is 108 Å². The molecule has 0 bridgehead atoms. The lowest BCUT2D eigenvalue weighted by atomic mass is 9.99. The number of fused-ring (bicyclic) bond motifs is 1. The minimum atomic E-state index is 0.0715. The summed E-state index contributed by atoms with van der Waals surface area (Å²) in [5, 5.41) is 0. The average molecular weight is 243 g/mol. The molecule has 0 saturated heterocycles. The van der Waals surface area contributed by atoms with E-state index in [-0.39, 0.29) is 6.04 Å². The molecule has 96 valence electrons. The SMILES string of the molecule is CCCCCCC(N)c1cccc2nccnc12. The normalized spacial score (nSPS) is 12.8. The summed E-state index contributed by atoms with van der Waals surface area (Å²) in [6.07, 6.45) is 9.48. The number of benzene rings is 1. The van der Waals surface area contributed by atoms with Crippen molar-refractivity contribution in [3.63, 3.8) is 0 Å². The van der Waals surface area contributed by atoms with E-state index in [0.717, 1.165) is 23.0 Å². The van der Waals surface area contributed by atoms with Gasteiger partial charge in [0.15, 0.2) is 0 Å². The number of aromatic nitrogens is 2. The van der Waals surface area contributed by atoms with Gasteiger partial charge < -0.3 is 5.73 Å². The molecule has 0 saturated carbocycles. The molecule has 0 radical (unpaired) electrons. The van der Waals surface area contributed by atoms with Crippen LogP contribution in [0, 0.1) is 0 Å². The van der Waals surface area contributed by atoms with Gasteiger partial charge in [-0.05, 0) is 18.1 Å². The third-order valence-corrected chi connectivity index (χ3v) is 3.30. The van der Waals surface area contributed by atoms with E-state index in [1.807, 2.05) is 12.1 Å². The number of rotatable bonds is 6. The molecule has 3 heteroatoms. The van der Waals surface area contributed by atoms with Crippen molar-refractivity contribution in [2.75, 3.05) is 0 Å². The van der Waals surface area contributed by atoms with E-state index in [1.165, 1.54) is 25.7 Å². The van der Waals surface area contributed by atoms with Crippen LogP contribution in [0.3, 0.4) is 0 Å². The quantitative estimate of drug-likeness (QED) is 0.789. The fourth-order valence-corrected chi connectivity index (χ4v) is 2.26. The lowest BCUT2D eigenvalue weighted by Crippen LogP contribution is -2.11. The zero-order valence-electron chi connectivity index (χ0n) is 11.0. The Morgan fingerprint density at radius 2 is 1.94 bits per heavy atom. The highest BCUT2D eigenvalue weighted by atomic mass is 14.8. The van der Waals surface area contributed by atoms with Crippen molar-refractivity contribution in [2.45, 2.75) is 45.1 Å². The molecule has 18 heavy (non-hydrogen) atoms. The highest BCUT2D eigenvalue weighted by molar-refractivity contribution is 5.77. The molecule has 0 spiro atoms. The maximum atomic E-state index is 6.28. The van der Waals surface area contributed by atoms with Crippen LogP contribution in [0.25, 0.3) is 11.0 Å². The van der Waals surface area contributed by atoms with E-state index in [9.17, 15) is 0 Å². The van der Waals surface area contributed by atoms with Crippen LogP contribution >= 0.6 is 0 Å². The molecular weight excluding hydrogens is 222 g/mol. The second-order valence-corrected chi connectivity index (χ2v) is 4.73. The van der Waals surface area contributed by atoms with E-state index >= 15 is 0 Å². The van der Waals surface area contributed by atoms with Crippen LogP contribution in [-0.2, 0) is 0 Å². The standard InChI is InChI=1S/C15H21N3/c1-2-3-4-5-8-13(16)12-7-6-9-14-15(12)18-11-10-17-14/h6-7,9-11,13H,2-5,8,16H2,1H3. The van der Waals surface area contributed by atoms with Crippen LogP contribution in [0.15, 0.2) is 30.6 Å². The summed E-state index contributed by atoms with van der Waals surface area (Å²) >= 11 is 0. The van der Waals surface area contributed by atoms with Crippen molar-refractivity contribution in [3.8, 4) is 0 Å². The molecule has 1 aromatic heterocycles. The molecule has 0 amide bonds.